The quantitative estimate of drug-likeness (QED) is 0.733. The lowest BCUT2D eigenvalue weighted by Gasteiger charge is -2.40. The Bertz CT molecular complexity index is 935. The number of urea groups is 1. The number of anilines is 1. The van der Waals surface area contributed by atoms with Crippen molar-refractivity contribution >= 4 is 11.8 Å². The lowest BCUT2D eigenvalue weighted by atomic mass is 9.93. The first-order valence-electron chi connectivity index (χ1n) is 11.9. The minimum atomic E-state index is 0.0228. The van der Waals surface area contributed by atoms with Gasteiger partial charge in [0.05, 0.1) is 12.4 Å². The van der Waals surface area contributed by atoms with Crippen LogP contribution < -0.4 is 10.2 Å². The van der Waals surface area contributed by atoms with Crippen LogP contribution in [0.3, 0.4) is 0 Å². The van der Waals surface area contributed by atoms with Gasteiger partial charge in [-0.2, -0.15) is 5.26 Å². The van der Waals surface area contributed by atoms with Gasteiger partial charge < -0.3 is 15.1 Å². The predicted molar refractivity (Wildman–Crippen MR) is 128 cm³/mol. The zero-order valence-corrected chi connectivity index (χ0v) is 19.4. The molecule has 0 unspecified atom stereocenters. The molecular formula is C25H33N7O. The molecule has 4 rings (SSSR count). The van der Waals surface area contributed by atoms with Gasteiger partial charge in [-0.25, -0.2) is 14.8 Å². The molecule has 0 aliphatic carbocycles. The highest BCUT2D eigenvalue weighted by Gasteiger charge is 2.28. The van der Waals surface area contributed by atoms with Crippen LogP contribution in [-0.4, -0.2) is 71.1 Å². The molecule has 33 heavy (non-hydrogen) atoms. The number of hydrogen-bond donors (Lipinski definition) is 1. The Morgan fingerprint density at radius 3 is 2.58 bits per heavy atom. The largest absolute Gasteiger partial charge is 0.352 e. The van der Waals surface area contributed by atoms with E-state index in [1.165, 1.54) is 24.6 Å². The third kappa shape index (κ3) is 6.20. The van der Waals surface area contributed by atoms with E-state index < -0.39 is 0 Å². The SMILES string of the molecule is C[C@@H]1CN(c2cnc(C#N)cn2)CCN1C(=O)NCCC1CCN(Cc2ccccc2)CC1. The van der Waals surface area contributed by atoms with Crippen LogP contribution in [0.1, 0.15) is 37.4 Å². The van der Waals surface area contributed by atoms with Crippen LogP contribution in [0.15, 0.2) is 42.7 Å². The molecule has 8 heteroatoms. The molecule has 3 heterocycles. The summed E-state index contributed by atoms with van der Waals surface area (Å²) in [7, 11) is 0. The van der Waals surface area contributed by atoms with Crippen molar-refractivity contribution in [1.82, 2.24) is 25.1 Å². The second-order valence-electron chi connectivity index (χ2n) is 9.09. The van der Waals surface area contributed by atoms with E-state index in [1.807, 2.05) is 11.0 Å². The number of aromatic nitrogens is 2. The van der Waals surface area contributed by atoms with Crippen molar-refractivity contribution in [1.29, 1.82) is 5.26 Å². The lowest BCUT2D eigenvalue weighted by Crippen LogP contribution is -2.57. The Balaban J connectivity index is 1.15. The van der Waals surface area contributed by atoms with Gasteiger partial charge >= 0.3 is 6.03 Å². The van der Waals surface area contributed by atoms with E-state index in [0.717, 1.165) is 38.4 Å². The van der Waals surface area contributed by atoms with Gasteiger partial charge in [0, 0.05) is 38.8 Å². The van der Waals surface area contributed by atoms with Gasteiger partial charge in [-0.3, -0.25) is 4.90 Å². The minimum Gasteiger partial charge on any atom is -0.352 e. The summed E-state index contributed by atoms with van der Waals surface area (Å²) in [6, 6.07) is 12.8. The van der Waals surface area contributed by atoms with Crippen LogP contribution in [0, 0.1) is 17.2 Å². The molecule has 0 bridgehead atoms. The standard InChI is InChI=1S/C25H33N7O/c1-20-18-31(24-17-28-23(15-26)16-29-24)13-14-32(20)25(33)27-10-7-21-8-11-30(12-9-21)19-22-5-3-2-4-6-22/h2-6,16-17,20-21H,7-14,18-19H2,1H3,(H,27,33)/t20-/m1/s1. The molecular weight excluding hydrogens is 414 g/mol. The van der Waals surface area contributed by atoms with Gasteiger partial charge in [0.2, 0.25) is 0 Å². The van der Waals surface area contributed by atoms with Crippen LogP contribution in [0.5, 0.6) is 0 Å². The molecule has 1 N–H and O–H groups in total. The monoisotopic (exact) mass is 447 g/mol. The topological polar surface area (TPSA) is 88.4 Å². The molecule has 2 aliphatic rings. The zero-order valence-electron chi connectivity index (χ0n) is 19.4. The van der Waals surface area contributed by atoms with Crippen molar-refractivity contribution in [2.45, 2.75) is 38.8 Å². The number of nitrogens with zero attached hydrogens (tertiary/aromatic N) is 6. The first kappa shape index (κ1) is 23.0. The van der Waals surface area contributed by atoms with Gasteiger partial charge in [0.1, 0.15) is 11.9 Å². The van der Waals surface area contributed by atoms with Crippen LogP contribution in [0.4, 0.5) is 10.6 Å². The van der Waals surface area contributed by atoms with Gasteiger partial charge in [0.25, 0.3) is 0 Å². The number of piperazine rings is 1. The van der Waals surface area contributed by atoms with Gasteiger partial charge in [-0.1, -0.05) is 30.3 Å². The average molecular weight is 448 g/mol. The Morgan fingerprint density at radius 2 is 1.91 bits per heavy atom. The summed E-state index contributed by atoms with van der Waals surface area (Å²) in [6.07, 6.45) is 6.56. The maximum Gasteiger partial charge on any atom is 0.317 e. The van der Waals surface area contributed by atoms with Crippen molar-refractivity contribution in [3.63, 3.8) is 0 Å². The maximum atomic E-state index is 12.8. The molecule has 2 fully saturated rings. The third-order valence-electron chi connectivity index (χ3n) is 6.75. The molecule has 2 amide bonds. The number of nitriles is 1. The lowest BCUT2D eigenvalue weighted by molar-refractivity contribution is 0.162. The number of carbonyl (C=O) groups excluding carboxylic acids is 1. The molecule has 1 aromatic carbocycles. The van der Waals surface area contributed by atoms with Crippen molar-refractivity contribution in [2.24, 2.45) is 5.92 Å². The van der Waals surface area contributed by atoms with Crippen molar-refractivity contribution in [3.05, 3.63) is 54.0 Å². The summed E-state index contributed by atoms with van der Waals surface area (Å²) in [5.41, 5.74) is 1.69. The Morgan fingerprint density at radius 1 is 1.12 bits per heavy atom. The number of benzene rings is 1. The van der Waals surface area contributed by atoms with E-state index in [2.05, 4.69) is 62.3 Å². The second-order valence-corrected chi connectivity index (χ2v) is 9.09. The van der Waals surface area contributed by atoms with E-state index in [0.29, 0.717) is 31.2 Å². The van der Waals surface area contributed by atoms with Crippen molar-refractivity contribution in [2.75, 3.05) is 44.2 Å². The summed E-state index contributed by atoms with van der Waals surface area (Å²) in [5, 5.41) is 12.0. The highest BCUT2D eigenvalue weighted by molar-refractivity contribution is 5.74. The van der Waals surface area contributed by atoms with E-state index in [9.17, 15) is 4.79 Å². The summed E-state index contributed by atoms with van der Waals surface area (Å²) >= 11 is 0. The summed E-state index contributed by atoms with van der Waals surface area (Å²) in [4.78, 5) is 27.7. The van der Waals surface area contributed by atoms with Crippen molar-refractivity contribution in [3.8, 4) is 6.07 Å². The molecule has 2 aromatic rings. The molecule has 1 aromatic heterocycles. The van der Waals surface area contributed by atoms with Crippen LogP contribution in [-0.2, 0) is 6.54 Å². The predicted octanol–water partition coefficient (Wildman–Crippen LogP) is 2.87. The highest BCUT2D eigenvalue weighted by atomic mass is 16.2. The molecule has 0 spiro atoms. The maximum absolute atomic E-state index is 12.8. The number of nitrogens with one attached hydrogen (secondary N) is 1. The Labute approximate surface area is 196 Å². The molecule has 0 radical (unpaired) electrons. The van der Waals surface area contributed by atoms with E-state index >= 15 is 0 Å². The fourth-order valence-corrected chi connectivity index (χ4v) is 4.77. The van der Waals surface area contributed by atoms with Gasteiger partial charge in [-0.15, -0.1) is 0 Å². The fraction of sp³-hybridized carbons (Fsp3) is 0.520. The summed E-state index contributed by atoms with van der Waals surface area (Å²) < 4.78 is 0. The normalized spacial score (nSPS) is 19.8. The molecule has 2 saturated heterocycles. The summed E-state index contributed by atoms with van der Waals surface area (Å²) in [5.74, 6) is 1.43. The van der Waals surface area contributed by atoms with E-state index in [4.69, 9.17) is 5.26 Å². The smallest absolute Gasteiger partial charge is 0.317 e. The van der Waals surface area contributed by atoms with E-state index in [-0.39, 0.29) is 12.1 Å². The second kappa shape index (κ2) is 11.1. The number of carbonyl (C=O) groups is 1. The van der Waals surface area contributed by atoms with Crippen LogP contribution >= 0.6 is 0 Å². The van der Waals surface area contributed by atoms with Crippen LogP contribution in [0.2, 0.25) is 0 Å². The van der Waals surface area contributed by atoms with Gasteiger partial charge in [-0.05, 0) is 50.8 Å². The highest BCUT2D eigenvalue weighted by Crippen LogP contribution is 2.22. The number of piperidine rings is 1. The molecule has 1 atom stereocenters. The van der Waals surface area contributed by atoms with Crippen LogP contribution in [0.25, 0.3) is 0 Å². The van der Waals surface area contributed by atoms with Crippen molar-refractivity contribution < 1.29 is 4.79 Å². The molecule has 0 saturated carbocycles. The molecule has 2 aliphatic heterocycles. The minimum absolute atomic E-state index is 0.0228. The number of amides is 2. The average Bonchev–Trinajstić information content (AvgIpc) is 2.85. The first-order chi connectivity index (χ1) is 16.1. The molecule has 174 valence electrons. The number of hydrogen-bond acceptors (Lipinski definition) is 6. The fourth-order valence-electron chi connectivity index (χ4n) is 4.77. The van der Waals surface area contributed by atoms with Gasteiger partial charge in [0.15, 0.2) is 5.69 Å². The zero-order chi connectivity index (χ0) is 23.0. The summed E-state index contributed by atoms with van der Waals surface area (Å²) in [6.45, 7) is 8.14. The Kier molecular flexibility index (Phi) is 7.74. The Hall–Kier alpha value is -3.18. The first-order valence-corrected chi connectivity index (χ1v) is 11.9. The van der Waals surface area contributed by atoms with E-state index in [1.54, 1.807) is 6.20 Å². The molecule has 8 nitrogen and oxygen atoms in total. The number of rotatable bonds is 6. The third-order valence-corrected chi connectivity index (χ3v) is 6.75. The number of likely N-dealkylation sites (tertiary alicyclic amines) is 1.